The Morgan fingerprint density at radius 1 is 0.833 bits per heavy atom. The third-order valence-corrected chi connectivity index (χ3v) is 2.87. The molecule has 0 aromatic heterocycles. The van der Waals surface area contributed by atoms with E-state index in [1.807, 2.05) is 26.0 Å². The maximum absolute atomic E-state index is 2.27. The van der Waals surface area contributed by atoms with Gasteiger partial charge < -0.3 is 4.90 Å². The monoisotopic (exact) mass is 243 g/mol. The number of nitrogens with zero attached hydrogens (tertiary/aromatic N) is 1. The van der Waals surface area contributed by atoms with Gasteiger partial charge in [0.15, 0.2) is 0 Å². The van der Waals surface area contributed by atoms with E-state index in [0.717, 1.165) is 12.8 Å². The van der Waals surface area contributed by atoms with E-state index in [0.29, 0.717) is 0 Å². The highest BCUT2D eigenvalue weighted by Gasteiger charge is 2.03. The molecule has 0 amide bonds. The summed E-state index contributed by atoms with van der Waals surface area (Å²) in [5.74, 6) is 0. The molecule has 2 aromatic rings. The molecule has 0 N–H and O–H groups in total. The van der Waals surface area contributed by atoms with E-state index in [-0.39, 0.29) is 0 Å². The third kappa shape index (κ3) is 3.85. The average Bonchev–Trinajstić information content (AvgIpc) is 2.36. The van der Waals surface area contributed by atoms with Gasteiger partial charge in [-0.3, -0.25) is 0 Å². The van der Waals surface area contributed by atoms with Crippen LogP contribution >= 0.6 is 0 Å². The smallest absolute Gasteiger partial charge is 0.0140 e. The van der Waals surface area contributed by atoms with Gasteiger partial charge in [0, 0.05) is 0 Å². The predicted molar refractivity (Wildman–Crippen MR) is 82.3 cm³/mol. The van der Waals surface area contributed by atoms with Crippen LogP contribution in [0.3, 0.4) is 0 Å². The number of fused-ring (bicyclic) bond motifs is 1. The van der Waals surface area contributed by atoms with Gasteiger partial charge in [0.25, 0.3) is 0 Å². The van der Waals surface area contributed by atoms with Gasteiger partial charge in [0.2, 0.25) is 0 Å². The average molecular weight is 243 g/mol. The maximum atomic E-state index is 2.27. The van der Waals surface area contributed by atoms with Gasteiger partial charge in [-0.15, -0.1) is 0 Å². The Hall–Kier alpha value is -1.34. The van der Waals surface area contributed by atoms with Crippen LogP contribution in [-0.2, 0) is 12.8 Å². The Kier molecular flexibility index (Phi) is 5.87. The molecule has 0 saturated heterocycles. The number of rotatable bonds is 2. The van der Waals surface area contributed by atoms with Gasteiger partial charge in [-0.2, -0.15) is 0 Å². The lowest BCUT2D eigenvalue weighted by Crippen LogP contribution is -1.99. The summed E-state index contributed by atoms with van der Waals surface area (Å²) in [7, 11) is 6.00. The van der Waals surface area contributed by atoms with E-state index < -0.39 is 0 Å². The summed E-state index contributed by atoms with van der Waals surface area (Å²) >= 11 is 0. The first-order valence-electron chi connectivity index (χ1n) is 6.70. The number of aryl methyl sites for hydroxylation is 2. The quantitative estimate of drug-likeness (QED) is 0.766. The fourth-order valence-corrected chi connectivity index (χ4v) is 2.13. The van der Waals surface area contributed by atoms with Crippen molar-refractivity contribution < 1.29 is 0 Å². The van der Waals surface area contributed by atoms with E-state index in [9.17, 15) is 0 Å². The Balaban J connectivity index is 0.000000357. The molecule has 0 saturated carbocycles. The number of benzene rings is 2. The van der Waals surface area contributed by atoms with Crippen LogP contribution < -0.4 is 0 Å². The van der Waals surface area contributed by atoms with Gasteiger partial charge in [-0.25, -0.2) is 0 Å². The highest BCUT2D eigenvalue weighted by molar-refractivity contribution is 5.86. The fraction of sp³-hybridized carbons (Fsp3) is 0.412. The van der Waals surface area contributed by atoms with Crippen molar-refractivity contribution in [1.29, 1.82) is 0 Å². The van der Waals surface area contributed by atoms with Crippen LogP contribution in [0.15, 0.2) is 36.4 Å². The molecule has 1 heteroatoms. The van der Waals surface area contributed by atoms with Crippen LogP contribution in [0, 0.1) is 0 Å². The number of hydrogen-bond acceptors (Lipinski definition) is 1. The molecule has 0 unspecified atom stereocenters. The topological polar surface area (TPSA) is 3.24 Å². The first-order valence-corrected chi connectivity index (χ1v) is 6.70. The highest BCUT2D eigenvalue weighted by atomic mass is 15.0. The molecule has 1 nitrogen and oxygen atoms in total. The molecule has 98 valence electrons. The first-order chi connectivity index (χ1) is 8.60. The molecule has 0 spiro atoms. The van der Waals surface area contributed by atoms with Crippen LogP contribution in [0.1, 0.15) is 25.0 Å². The predicted octanol–water partition coefficient (Wildman–Crippen LogP) is 4.14. The van der Waals surface area contributed by atoms with Crippen molar-refractivity contribution >= 4 is 10.8 Å². The summed E-state index contributed by atoms with van der Waals surface area (Å²) in [6.07, 6.45) is 2.26. The molecule has 0 bridgehead atoms. The molecular weight excluding hydrogens is 218 g/mol. The second-order valence-electron chi connectivity index (χ2n) is 4.97. The lowest BCUT2D eigenvalue weighted by atomic mass is 9.96. The van der Waals surface area contributed by atoms with Crippen molar-refractivity contribution in [3.8, 4) is 0 Å². The van der Waals surface area contributed by atoms with Crippen LogP contribution in [0.4, 0.5) is 0 Å². The molecule has 0 aliphatic heterocycles. The Bertz CT molecular complexity index is 483. The van der Waals surface area contributed by atoms with E-state index >= 15 is 0 Å². The minimum Gasteiger partial charge on any atom is -0.312 e. The molecule has 2 aromatic carbocycles. The SMILES string of the molecule is CCc1ccc2ccccc2c1CC.CN(C)C. The van der Waals surface area contributed by atoms with E-state index in [1.54, 1.807) is 0 Å². The van der Waals surface area contributed by atoms with E-state index in [4.69, 9.17) is 0 Å². The van der Waals surface area contributed by atoms with Gasteiger partial charge >= 0.3 is 0 Å². The molecule has 0 fully saturated rings. The zero-order valence-electron chi connectivity index (χ0n) is 12.3. The Labute approximate surface area is 111 Å². The second kappa shape index (κ2) is 7.17. The van der Waals surface area contributed by atoms with Gasteiger partial charge in [-0.1, -0.05) is 50.2 Å². The Morgan fingerprint density at radius 3 is 2.00 bits per heavy atom. The highest BCUT2D eigenvalue weighted by Crippen LogP contribution is 2.23. The summed E-state index contributed by atoms with van der Waals surface area (Å²) < 4.78 is 0. The minimum absolute atomic E-state index is 1.13. The maximum Gasteiger partial charge on any atom is -0.0140 e. The van der Waals surface area contributed by atoms with Crippen LogP contribution in [-0.4, -0.2) is 26.0 Å². The van der Waals surface area contributed by atoms with Gasteiger partial charge in [0.05, 0.1) is 0 Å². The summed E-state index contributed by atoms with van der Waals surface area (Å²) in [5.41, 5.74) is 3.01. The van der Waals surface area contributed by atoms with E-state index in [1.165, 1.54) is 21.9 Å². The largest absolute Gasteiger partial charge is 0.312 e. The standard InChI is InChI=1S/C14H16.C3H9N/c1-3-11-9-10-12-7-5-6-8-14(12)13(11)4-2;1-4(2)3/h5-10H,3-4H2,1-2H3;1-3H3. The second-order valence-corrected chi connectivity index (χ2v) is 4.97. The lowest BCUT2D eigenvalue weighted by molar-refractivity contribution is 0.505. The molecule has 0 heterocycles. The first kappa shape index (κ1) is 14.7. The van der Waals surface area contributed by atoms with Crippen LogP contribution in [0.2, 0.25) is 0 Å². The summed E-state index contributed by atoms with van der Waals surface area (Å²) in [4.78, 5) is 2.00. The van der Waals surface area contributed by atoms with Crippen LogP contribution in [0.5, 0.6) is 0 Å². The molecule has 0 atom stereocenters. The lowest BCUT2D eigenvalue weighted by Gasteiger charge is -2.09. The zero-order valence-corrected chi connectivity index (χ0v) is 12.3. The van der Waals surface area contributed by atoms with Crippen molar-refractivity contribution in [3.05, 3.63) is 47.5 Å². The molecule has 18 heavy (non-hydrogen) atoms. The molecular formula is C17H25N. The number of hydrogen-bond donors (Lipinski definition) is 0. The summed E-state index contributed by atoms with van der Waals surface area (Å²) in [6.45, 7) is 4.46. The molecule has 2 rings (SSSR count). The normalized spacial score (nSPS) is 10.3. The van der Waals surface area contributed by atoms with Crippen molar-refractivity contribution in [3.63, 3.8) is 0 Å². The summed E-state index contributed by atoms with van der Waals surface area (Å²) in [5, 5.41) is 2.79. The van der Waals surface area contributed by atoms with Crippen molar-refractivity contribution in [2.75, 3.05) is 21.1 Å². The molecule has 0 aliphatic carbocycles. The third-order valence-electron chi connectivity index (χ3n) is 2.87. The fourth-order valence-electron chi connectivity index (χ4n) is 2.13. The van der Waals surface area contributed by atoms with Crippen molar-refractivity contribution in [1.82, 2.24) is 4.90 Å². The minimum atomic E-state index is 1.13. The Morgan fingerprint density at radius 2 is 1.44 bits per heavy atom. The van der Waals surface area contributed by atoms with Gasteiger partial charge in [0.1, 0.15) is 0 Å². The van der Waals surface area contributed by atoms with Gasteiger partial charge in [-0.05, 0) is 55.9 Å². The van der Waals surface area contributed by atoms with Crippen molar-refractivity contribution in [2.45, 2.75) is 26.7 Å². The zero-order chi connectivity index (χ0) is 13.5. The van der Waals surface area contributed by atoms with Crippen LogP contribution in [0.25, 0.3) is 10.8 Å². The van der Waals surface area contributed by atoms with Crippen molar-refractivity contribution in [2.24, 2.45) is 0 Å². The molecule has 0 radical (unpaired) electrons. The van der Waals surface area contributed by atoms with E-state index in [2.05, 4.69) is 50.2 Å². The molecule has 0 aliphatic rings. The summed E-state index contributed by atoms with van der Waals surface area (Å²) in [6, 6.07) is 13.1.